The van der Waals surface area contributed by atoms with Gasteiger partial charge < -0.3 is 10.5 Å². The van der Waals surface area contributed by atoms with Crippen molar-refractivity contribution in [2.24, 2.45) is 5.73 Å². The minimum Gasteiger partial charge on any atom is -0.490 e. The number of aryl methyl sites for hydroxylation is 1. The molecule has 0 bridgehead atoms. The molecule has 2 N–H and O–H groups in total. The second kappa shape index (κ2) is 4.67. The van der Waals surface area contributed by atoms with E-state index >= 15 is 0 Å². The summed E-state index contributed by atoms with van der Waals surface area (Å²) in [6.45, 7) is 2.64. The normalized spacial score (nSPS) is 16.9. The van der Waals surface area contributed by atoms with Crippen LogP contribution in [-0.2, 0) is 6.54 Å². The van der Waals surface area contributed by atoms with Gasteiger partial charge in [-0.1, -0.05) is 12.1 Å². The van der Waals surface area contributed by atoms with Crippen molar-refractivity contribution in [1.82, 2.24) is 0 Å². The first-order valence-corrected chi connectivity index (χ1v) is 5.76. The van der Waals surface area contributed by atoms with E-state index in [0.717, 1.165) is 11.3 Å². The minimum atomic E-state index is 0.414. The van der Waals surface area contributed by atoms with Crippen LogP contribution in [0.2, 0.25) is 0 Å². The first-order chi connectivity index (χ1) is 7.29. The molecule has 0 atom stereocenters. The molecule has 0 spiro atoms. The Bertz CT molecular complexity index is 329. The largest absolute Gasteiger partial charge is 0.490 e. The highest BCUT2D eigenvalue weighted by molar-refractivity contribution is 5.37. The summed E-state index contributed by atoms with van der Waals surface area (Å²) in [6.07, 6.45) is 5.40. The molecule has 1 aromatic rings. The molecule has 1 aliphatic carbocycles. The molecule has 0 unspecified atom stereocenters. The lowest BCUT2D eigenvalue weighted by Gasteiger charge is -2.16. The van der Waals surface area contributed by atoms with E-state index in [9.17, 15) is 0 Å². The van der Waals surface area contributed by atoms with Crippen molar-refractivity contribution < 1.29 is 4.74 Å². The van der Waals surface area contributed by atoms with Crippen LogP contribution in [0.1, 0.15) is 36.8 Å². The summed E-state index contributed by atoms with van der Waals surface area (Å²) < 4.78 is 6.00. The van der Waals surface area contributed by atoms with Gasteiger partial charge in [0.1, 0.15) is 5.75 Å². The predicted octanol–water partition coefficient (Wildman–Crippen LogP) is 2.78. The summed E-state index contributed by atoms with van der Waals surface area (Å²) in [5.41, 5.74) is 8.05. The molecule has 1 aromatic carbocycles. The standard InChI is InChI=1S/C13H19NO/c1-10-6-7-11(9-14)13(8-10)15-12-4-2-3-5-12/h6-8,12H,2-5,9,14H2,1H3. The lowest BCUT2D eigenvalue weighted by atomic mass is 10.1. The summed E-state index contributed by atoms with van der Waals surface area (Å²) in [5, 5.41) is 0. The number of hydrogen-bond acceptors (Lipinski definition) is 2. The van der Waals surface area contributed by atoms with Gasteiger partial charge in [-0.2, -0.15) is 0 Å². The fourth-order valence-corrected chi connectivity index (χ4v) is 2.13. The smallest absolute Gasteiger partial charge is 0.124 e. The summed E-state index contributed by atoms with van der Waals surface area (Å²) in [5.74, 6) is 0.990. The Balaban J connectivity index is 2.14. The summed E-state index contributed by atoms with van der Waals surface area (Å²) in [7, 11) is 0. The monoisotopic (exact) mass is 205 g/mol. The molecule has 0 radical (unpaired) electrons. The third-order valence-corrected chi connectivity index (χ3v) is 3.04. The minimum absolute atomic E-state index is 0.414. The molecule has 0 heterocycles. The third-order valence-electron chi connectivity index (χ3n) is 3.04. The quantitative estimate of drug-likeness (QED) is 0.823. The predicted molar refractivity (Wildman–Crippen MR) is 62.0 cm³/mol. The Kier molecular flexibility index (Phi) is 3.27. The average molecular weight is 205 g/mol. The molecular weight excluding hydrogens is 186 g/mol. The lowest BCUT2D eigenvalue weighted by Crippen LogP contribution is -2.13. The van der Waals surface area contributed by atoms with Crippen LogP contribution in [0.15, 0.2) is 18.2 Å². The van der Waals surface area contributed by atoms with Crippen LogP contribution < -0.4 is 10.5 Å². The van der Waals surface area contributed by atoms with Crippen LogP contribution in [0.5, 0.6) is 5.75 Å². The van der Waals surface area contributed by atoms with E-state index < -0.39 is 0 Å². The van der Waals surface area contributed by atoms with E-state index in [0.29, 0.717) is 12.6 Å². The van der Waals surface area contributed by atoms with E-state index in [1.165, 1.54) is 31.2 Å². The van der Waals surface area contributed by atoms with E-state index in [4.69, 9.17) is 10.5 Å². The van der Waals surface area contributed by atoms with Crippen LogP contribution in [0.25, 0.3) is 0 Å². The van der Waals surface area contributed by atoms with Crippen LogP contribution in [-0.4, -0.2) is 6.10 Å². The first kappa shape index (κ1) is 10.5. The van der Waals surface area contributed by atoms with Gasteiger partial charge in [-0.05, 0) is 44.2 Å². The van der Waals surface area contributed by atoms with Gasteiger partial charge in [0.2, 0.25) is 0 Å². The topological polar surface area (TPSA) is 35.2 Å². The van der Waals surface area contributed by atoms with Crippen LogP contribution >= 0.6 is 0 Å². The lowest BCUT2D eigenvalue weighted by molar-refractivity contribution is 0.208. The number of hydrogen-bond donors (Lipinski definition) is 1. The van der Waals surface area contributed by atoms with Gasteiger partial charge in [-0.15, -0.1) is 0 Å². The zero-order valence-electron chi connectivity index (χ0n) is 9.33. The van der Waals surface area contributed by atoms with Crippen molar-refractivity contribution in [3.8, 4) is 5.75 Å². The van der Waals surface area contributed by atoms with E-state index in [-0.39, 0.29) is 0 Å². The zero-order chi connectivity index (χ0) is 10.7. The van der Waals surface area contributed by atoms with Crippen LogP contribution in [0.4, 0.5) is 0 Å². The molecular formula is C13H19NO. The molecule has 0 amide bonds. The summed E-state index contributed by atoms with van der Waals surface area (Å²) in [4.78, 5) is 0. The fourth-order valence-electron chi connectivity index (χ4n) is 2.13. The third kappa shape index (κ3) is 2.51. The highest BCUT2D eigenvalue weighted by Gasteiger charge is 2.17. The molecule has 0 aliphatic heterocycles. The van der Waals surface area contributed by atoms with E-state index in [1.807, 2.05) is 0 Å². The number of benzene rings is 1. The highest BCUT2D eigenvalue weighted by atomic mass is 16.5. The van der Waals surface area contributed by atoms with E-state index in [2.05, 4.69) is 25.1 Å². The maximum Gasteiger partial charge on any atom is 0.124 e. The highest BCUT2D eigenvalue weighted by Crippen LogP contribution is 2.27. The van der Waals surface area contributed by atoms with Crippen molar-refractivity contribution in [3.63, 3.8) is 0 Å². The molecule has 0 aromatic heterocycles. The number of rotatable bonds is 3. The van der Waals surface area contributed by atoms with Crippen molar-refractivity contribution >= 4 is 0 Å². The maximum absolute atomic E-state index is 6.00. The second-order valence-electron chi connectivity index (χ2n) is 4.34. The van der Waals surface area contributed by atoms with Crippen LogP contribution in [0.3, 0.4) is 0 Å². The molecule has 82 valence electrons. The van der Waals surface area contributed by atoms with Gasteiger partial charge in [0.05, 0.1) is 6.10 Å². The Morgan fingerprint density at radius 1 is 1.33 bits per heavy atom. The number of nitrogens with two attached hydrogens (primary N) is 1. The van der Waals surface area contributed by atoms with Crippen molar-refractivity contribution in [2.75, 3.05) is 0 Å². The molecule has 2 nitrogen and oxygen atoms in total. The first-order valence-electron chi connectivity index (χ1n) is 5.76. The van der Waals surface area contributed by atoms with Crippen LogP contribution in [0, 0.1) is 6.92 Å². The van der Waals surface area contributed by atoms with Gasteiger partial charge in [-0.25, -0.2) is 0 Å². The van der Waals surface area contributed by atoms with Gasteiger partial charge in [0.15, 0.2) is 0 Å². The number of ether oxygens (including phenoxy) is 1. The van der Waals surface area contributed by atoms with Gasteiger partial charge >= 0.3 is 0 Å². The Labute approximate surface area is 91.4 Å². The maximum atomic E-state index is 6.00. The molecule has 15 heavy (non-hydrogen) atoms. The Morgan fingerprint density at radius 2 is 2.07 bits per heavy atom. The zero-order valence-corrected chi connectivity index (χ0v) is 9.33. The molecule has 1 aliphatic rings. The molecule has 2 rings (SSSR count). The van der Waals surface area contributed by atoms with Crippen molar-refractivity contribution in [2.45, 2.75) is 45.3 Å². The molecule has 2 heteroatoms. The van der Waals surface area contributed by atoms with Gasteiger partial charge in [0.25, 0.3) is 0 Å². The average Bonchev–Trinajstić information content (AvgIpc) is 2.71. The van der Waals surface area contributed by atoms with Gasteiger partial charge in [-0.3, -0.25) is 0 Å². The molecule has 1 fully saturated rings. The molecule has 0 saturated heterocycles. The van der Waals surface area contributed by atoms with Gasteiger partial charge in [0, 0.05) is 12.1 Å². The SMILES string of the molecule is Cc1ccc(CN)c(OC2CCCC2)c1. The van der Waals surface area contributed by atoms with Crippen molar-refractivity contribution in [3.05, 3.63) is 29.3 Å². The summed E-state index contributed by atoms with van der Waals surface area (Å²) >= 11 is 0. The molecule has 1 saturated carbocycles. The van der Waals surface area contributed by atoms with Crippen molar-refractivity contribution in [1.29, 1.82) is 0 Å². The fraction of sp³-hybridized carbons (Fsp3) is 0.538. The second-order valence-corrected chi connectivity index (χ2v) is 4.34. The summed E-state index contributed by atoms with van der Waals surface area (Å²) in [6, 6.07) is 6.25. The Hall–Kier alpha value is -1.02. The van der Waals surface area contributed by atoms with E-state index in [1.54, 1.807) is 0 Å². The Morgan fingerprint density at radius 3 is 2.73 bits per heavy atom.